The highest BCUT2D eigenvalue weighted by Gasteiger charge is 2.47. The first-order valence-corrected chi connectivity index (χ1v) is 6.50. The first-order valence-electron chi connectivity index (χ1n) is 5.11. The summed E-state index contributed by atoms with van der Waals surface area (Å²) in [5, 5.41) is 8.70. The fraction of sp³-hybridized carbons (Fsp3) is 0.800. The number of thioether (sulfide) groups is 1. The summed E-state index contributed by atoms with van der Waals surface area (Å²) in [6.45, 7) is 1.65. The van der Waals surface area contributed by atoms with Crippen LogP contribution in [0.3, 0.4) is 0 Å². The minimum absolute atomic E-state index is 0.111. The molecular weight excluding hydrogens is 233 g/mol. The van der Waals surface area contributed by atoms with E-state index in [9.17, 15) is 14.0 Å². The molecule has 0 radical (unpaired) electrons. The van der Waals surface area contributed by atoms with E-state index in [1.54, 1.807) is 18.7 Å². The number of carboxylic acid groups (broad SMARTS) is 1. The molecule has 0 aromatic carbocycles. The van der Waals surface area contributed by atoms with Gasteiger partial charge in [-0.2, -0.15) is 11.8 Å². The van der Waals surface area contributed by atoms with Crippen LogP contribution in [0.25, 0.3) is 0 Å². The summed E-state index contributed by atoms with van der Waals surface area (Å²) in [7, 11) is 0. The Labute approximate surface area is 98.2 Å². The van der Waals surface area contributed by atoms with Crippen LogP contribution in [0.5, 0.6) is 0 Å². The Morgan fingerprint density at radius 3 is 2.69 bits per heavy atom. The minimum Gasteiger partial charge on any atom is -0.479 e. The van der Waals surface area contributed by atoms with Crippen LogP contribution in [0.15, 0.2) is 0 Å². The van der Waals surface area contributed by atoms with Crippen molar-refractivity contribution in [3.8, 4) is 0 Å². The monoisotopic (exact) mass is 249 g/mol. The van der Waals surface area contributed by atoms with Crippen LogP contribution >= 0.6 is 11.8 Å². The standard InChI is InChI=1S/C10H16FNO3S/c1-7(5-16-2)8(13)12-4-3-10(11,6-12)9(14)15/h7H,3-6H2,1-2H3,(H,14,15). The van der Waals surface area contributed by atoms with E-state index in [0.29, 0.717) is 5.75 Å². The quantitative estimate of drug-likeness (QED) is 0.808. The highest BCUT2D eigenvalue weighted by Crippen LogP contribution is 2.27. The minimum atomic E-state index is -2.26. The normalized spacial score (nSPS) is 26.8. The highest BCUT2D eigenvalue weighted by molar-refractivity contribution is 7.98. The molecule has 0 bridgehead atoms. The number of halogens is 1. The van der Waals surface area contributed by atoms with Crippen LogP contribution in [-0.4, -0.2) is 52.6 Å². The van der Waals surface area contributed by atoms with Gasteiger partial charge in [0.05, 0.1) is 6.54 Å². The van der Waals surface area contributed by atoms with E-state index in [0.717, 1.165) is 0 Å². The van der Waals surface area contributed by atoms with Crippen molar-refractivity contribution in [2.75, 3.05) is 25.1 Å². The third-order valence-electron chi connectivity index (χ3n) is 2.75. The summed E-state index contributed by atoms with van der Waals surface area (Å²) in [5.74, 6) is -1.15. The molecule has 1 fully saturated rings. The Morgan fingerprint density at radius 1 is 1.62 bits per heavy atom. The number of nitrogens with zero attached hydrogens (tertiary/aromatic N) is 1. The Kier molecular flexibility index (Phi) is 4.18. The van der Waals surface area contributed by atoms with Crippen LogP contribution in [0.4, 0.5) is 4.39 Å². The van der Waals surface area contributed by atoms with E-state index in [-0.39, 0.29) is 31.3 Å². The van der Waals surface area contributed by atoms with Crippen LogP contribution in [0.1, 0.15) is 13.3 Å². The molecule has 0 saturated carbocycles. The first kappa shape index (κ1) is 13.3. The third-order valence-corrected chi connectivity index (χ3v) is 3.59. The van der Waals surface area contributed by atoms with Crippen LogP contribution in [0, 0.1) is 5.92 Å². The van der Waals surface area contributed by atoms with E-state index in [1.807, 2.05) is 6.26 Å². The fourth-order valence-corrected chi connectivity index (χ4v) is 2.41. The molecule has 1 aliphatic heterocycles. The second-order valence-corrected chi connectivity index (χ2v) is 5.05. The number of aliphatic carboxylic acids is 1. The molecule has 1 rings (SSSR count). The SMILES string of the molecule is CSCC(C)C(=O)N1CCC(F)(C(=O)O)C1. The van der Waals surface area contributed by atoms with Crippen molar-refractivity contribution < 1.29 is 19.1 Å². The molecule has 0 aromatic rings. The molecule has 16 heavy (non-hydrogen) atoms. The van der Waals surface area contributed by atoms with Crippen LogP contribution in [-0.2, 0) is 9.59 Å². The van der Waals surface area contributed by atoms with Crippen molar-refractivity contribution in [3.05, 3.63) is 0 Å². The maximum Gasteiger partial charge on any atom is 0.343 e. The lowest BCUT2D eigenvalue weighted by molar-refractivity contribution is -0.150. The lowest BCUT2D eigenvalue weighted by Crippen LogP contribution is -2.40. The molecule has 0 aromatic heterocycles. The molecule has 4 nitrogen and oxygen atoms in total. The number of hydrogen-bond donors (Lipinski definition) is 1. The number of carbonyl (C=O) groups is 2. The van der Waals surface area contributed by atoms with Gasteiger partial charge in [-0.25, -0.2) is 9.18 Å². The lowest BCUT2D eigenvalue weighted by atomic mass is 10.1. The smallest absolute Gasteiger partial charge is 0.343 e. The molecule has 92 valence electrons. The number of amides is 1. The predicted molar refractivity (Wildman–Crippen MR) is 60.2 cm³/mol. The van der Waals surface area contributed by atoms with Crippen molar-refractivity contribution >= 4 is 23.6 Å². The zero-order valence-corrected chi connectivity index (χ0v) is 10.2. The average Bonchev–Trinajstić information content (AvgIpc) is 2.61. The Hall–Kier alpha value is -0.780. The molecule has 6 heteroatoms. The predicted octanol–water partition coefficient (Wildman–Crippen LogP) is 1.01. The number of likely N-dealkylation sites (tertiary alicyclic amines) is 1. The van der Waals surface area contributed by atoms with Gasteiger partial charge in [-0.1, -0.05) is 6.92 Å². The second kappa shape index (κ2) is 5.03. The molecule has 2 atom stereocenters. The van der Waals surface area contributed by atoms with Gasteiger partial charge in [-0.3, -0.25) is 4.79 Å². The summed E-state index contributed by atoms with van der Waals surface area (Å²) in [5.41, 5.74) is -2.26. The summed E-state index contributed by atoms with van der Waals surface area (Å²) in [6.07, 6.45) is 1.78. The largest absolute Gasteiger partial charge is 0.479 e. The van der Waals surface area contributed by atoms with Crippen molar-refractivity contribution in [2.24, 2.45) is 5.92 Å². The fourth-order valence-electron chi connectivity index (χ4n) is 1.77. The summed E-state index contributed by atoms with van der Waals surface area (Å²) in [4.78, 5) is 23.8. The van der Waals surface area contributed by atoms with Gasteiger partial charge in [0.15, 0.2) is 0 Å². The van der Waals surface area contributed by atoms with Crippen LogP contribution < -0.4 is 0 Å². The molecule has 0 spiro atoms. The van der Waals surface area contributed by atoms with Gasteiger partial charge in [0.25, 0.3) is 0 Å². The molecule has 0 aliphatic carbocycles. The lowest BCUT2D eigenvalue weighted by Gasteiger charge is -2.21. The third kappa shape index (κ3) is 2.66. The average molecular weight is 249 g/mol. The number of alkyl halides is 1. The van der Waals surface area contributed by atoms with Gasteiger partial charge in [0.2, 0.25) is 11.6 Å². The molecular formula is C10H16FNO3S. The van der Waals surface area contributed by atoms with Crippen LogP contribution in [0.2, 0.25) is 0 Å². The van der Waals surface area contributed by atoms with Gasteiger partial charge in [0.1, 0.15) is 0 Å². The van der Waals surface area contributed by atoms with Crippen molar-refractivity contribution in [1.82, 2.24) is 4.90 Å². The second-order valence-electron chi connectivity index (χ2n) is 4.14. The summed E-state index contributed by atoms with van der Waals surface area (Å²) >= 11 is 1.55. The van der Waals surface area contributed by atoms with Gasteiger partial charge in [-0.05, 0) is 6.26 Å². The van der Waals surface area contributed by atoms with Gasteiger partial charge >= 0.3 is 5.97 Å². The molecule has 1 aliphatic rings. The number of hydrogen-bond acceptors (Lipinski definition) is 3. The van der Waals surface area contributed by atoms with Crippen molar-refractivity contribution in [3.63, 3.8) is 0 Å². The molecule has 1 saturated heterocycles. The van der Waals surface area contributed by atoms with Gasteiger partial charge < -0.3 is 10.0 Å². The number of rotatable bonds is 4. The molecule has 1 heterocycles. The van der Waals surface area contributed by atoms with E-state index in [4.69, 9.17) is 5.11 Å². The molecule has 1 N–H and O–H groups in total. The van der Waals surface area contributed by atoms with Gasteiger partial charge in [0, 0.05) is 24.6 Å². The number of carbonyl (C=O) groups excluding carboxylic acids is 1. The van der Waals surface area contributed by atoms with E-state index < -0.39 is 11.6 Å². The van der Waals surface area contributed by atoms with E-state index in [2.05, 4.69) is 0 Å². The maximum atomic E-state index is 13.7. The topological polar surface area (TPSA) is 57.6 Å². The zero-order valence-electron chi connectivity index (χ0n) is 9.40. The summed E-state index contributed by atoms with van der Waals surface area (Å²) in [6, 6.07) is 0. The molecule has 1 amide bonds. The van der Waals surface area contributed by atoms with E-state index in [1.165, 1.54) is 4.90 Å². The summed E-state index contributed by atoms with van der Waals surface area (Å²) < 4.78 is 13.7. The van der Waals surface area contributed by atoms with Crippen molar-refractivity contribution in [2.45, 2.75) is 19.0 Å². The highest BCUT2D eigenvalue weighted by atomic mass is 32.2. The first-order chi connectivity index (χ1) is 7.40. The Morgan fingerprint density at radius 2 is 2.25 bits per heavy atom. The molecule has 2 unspecified atom stereocenters. The maximum absolute atomic E-state index is 13.7. The van der Waals surface area contributed by atoms with Gasteiger partial charge in [-0.15, -0.1) is 0 Å². The zero-order chi connectivity index (χ0) is 12.3. The number of carboxylic acids is 1. The van der Waals surface area contributed by atoms with E-state index >= 15 is 0 Å². The van der Waals surface area contributed by atoms with Crippen molar-refractivity contribution in [1.29, 1.82) is 0 Å². The Bertz CT molecular complexity index is 300. The Balaban J connectivity index is 2.59.